The van der Waals surface area contributed by atoms with Crippen LogP contribution in [0.3, 0.4) is 0 Å². The molecule has 0 spiro atoms. The minimum atomic E-state index is 0.440. The number of aryl methyl sites for hydroxylation is 2. The molecule has 1 aromatic heterocycles. The van der Waals surface area contributed by atoms with E-state index in [1.54, 1.807) is 7.11 Å². The van der Waals surface area contributed by atoms with Crippen LogP contribution in [0.5, 0.6) is 5.75 Å². The standard InChI is InChI=1S/C14H14BrClN2O/c1-4-10-12(15)13(16)18-14(17-10)9-5-6-11(19-3)8(2)7-9/h5-7H,4H2,1-3H3. The third-order valence-electron chi connectivity index (χ3n) is 2.87. The second kappa shape index (κ2) is 5.88. The molecule has 0 saturated heterocycles. The molecule has 0 N–H and O–H groups in total. The molecule has 1 heterocycles. The highest BCUT2D eigenvalue weighted by atomic mass is 79.9. The van der Waals surface area contributed by atoms with Crippen LogP contribution in [0.2, 0.25) is 5.15 Å². The molecule has 3 nitrogen and oxygen atoms in total. The van der Waals surface area contributed by atoms with Crippen molar-refractivity contribution in [3.8, 4) is 17.1 Å². The van der Waals surface area contributed by atoms with Gasteiger partial charge in [-0.2, -0.15) is 0 Å². The van der Waals surface area contributed by atoms with E-state index in [-0.39, 0.29) is 0 Å². The highest BCUT2D eigenvalue weighted by Crippen LogP contribution is 2.29. The molecule has 0 aliphatic heterocycles. The van der Waals surface area contributed by atoms with E-state index in [4.69, 9.17) is 16.3 Å². The van der Waals surface area contributed by atoms with Crippen LogP contribution in [0, 0.1) is 6.92 Å². The molecule has 0 fully saturated rings. The van der Waals surface area contributed by atoms with Crippen molar-refractivity contribution in [1.82, 2.24) is 9.97 Å². The van der Waals surface area contributed by atoms with Crippen LogP contribution in [-0.2, 0) is 6.42 Å². The number of nitrogens with zero attached hydrogens (tertiary/aromatic N) is 2. The number of aromatic nitrogens is 2. The van der Waals surface area contributed by atoms with Gasteiger partial charge in [-0.1, -0.05) is 18.5 Å². The van der Waals surface area contributed by atoms with Crippen molar-refractivity contribution >= 4 is 27.5 Å². The lowest BCUT2D eigenvalue weighted by atomic mass is 10.1. The van der Waals surface area contributed by atoms with Crippen LogP contribution in [0.1, 0.15) is 18.2 Å². The summed E-state index contributed by atoms with van der Waals surface area (Å²) in [5, 5.41) is 0.440. The first-order chi connectivity index (χ1) is 9.06. The van der Waals surface area contributed by atoms with Gasteiger partial charge in [0.25, 0.3) is 0 Å². The quantitative estimate of drug-likeness (QED) is 0.774. The number of ether oxygens (including phenoxy) is 1. The van der Waals surface area contributed by atoms with E-state index in [0.29, 0.717) is 11.0 Å². The van der Waals surface area contributed by atoms with Gasteiger partial charge in [-0.05, 0) is 53.0 Å². The largest absolute Gasteiger partial charge is 0.496 e. The van der Waals surface area contributed by atoms with Crippen molar-refractivity contribution in [2.45, 2.75) is 20.3 Å². The molecule has 0 aliphatic carbocycles. The fourth-order valence-corrected chi connectivity index (χ4v) is 2.49. The monoisotopic (exact) mass is 340 g/mol. The van der Waals surface area contributed by atoms with Gasteiger partial charge in [-0.3, -0.25) is 0 Å². The van der Waals surface area contributed by atoms with Crippen LogP contribution in [0.15, 0.2) is 22.7 Å². The van der Waals surface area contributed by atoms with Crippen molar-refractivity contribution in [2.75, 3.05) is 7.11 Å². The molecule has 0 aliphatic rings. The smallest absolute Gasteiger partial charge is 0.161 e. The minimum absolute atomic E-state index is 0.440. The zero-order valence-electron chi connectivity index (χ0n) is 11.0. The molecule has 0 unspecified atom stereocenters. The predicted molar refractivity (Wildman–Crippen MR) is 80.8 cm³/mol. The van der Waals surface area contributed by atoms with E-state index in [0.717, 1.165) is 33.5 Å². The topological polar surface area (TPSA) is 35.0 Å². The molecular formula is C14H14BrClN2O. The van der Waals surface area contributed by atoms with E-state index >= 15 is 0 Å². The summed E-state index contributed by atoms with van der Waals surface area (Å²) in [6.45, 7) is 4.02. The number of hydrogen-bond donors (Lipinski definition) is 0. The highest BCUT2D eigenvalue weighted by molar-refractivity contribution is 9.10. The van der Waals surface area contributed by atoms with Crippen molar-refractivity contribution < 1.29 is 4.74 Å². The fraction of sp³-hybridized carbons (Fsp3) is 0.286. The Morgan fingerprint density at radius 3 is 2.63 bits per heavy atom. The second-order valence-electron chi connectivity index (χ2n) is 4.14. The Hall–Kier alpha value is -1.13. The number of rotatable bonds is 3. The first-order valence-corrected chi connectivity index (χ1v) is 7.10. The highest BCUT2D eigenvalue weighted by Gasteiger charge is 2.11. The zero-order chi connectivity index (χ0) is 14.0. The van der Waals surface area contributed by atoms with Gasteiger partial charge in [0.05, 0.1) is 17.3 Å². The molecule has 0 radical (unpaired) electrons. The van der Waals surface area contributed by atoms with Crippen molar-refractivity contribution in [1.29, 1.82) is 0 Å². The van der Waals surface area contributed by atoms with Crippen LogP contribution >= 0.6 is 27.5 Å². The molecular weight excluding hydrogens is 328 g/mol. The summed E-state index contributed by atoms with van der Waals surface area (Å²) in [4.78, 5) is 8.85. The number of benzene rings is 1. The molecule has 2 rings (SSSR count). The Bertz CT molecular complexity index is 617. The van der Waals surface area contributed by atoms with E-state index in [2.05, 4.69) is 25.9 Å². The Morgan fingerprint density at radius 1 is 1.32 bits per heavy atom. The van der Waals surface area contributed by atoms with Crippen molar-refractivity contribution in [2.24, 2.45) is 0 Å². The third-order valence-corrected chi connectivity index (χ3v) is 4.20. The zero-order valence-corrected chi connectivity index (χ0v) is 13.3. The number of halogens is 2. The lowest BCUT2D eigenvalue weighted by molar-refractivity contribution is 0.412. The van der Waals surface area contributed by atoms with Crippen LogP contribution in [0.25, 0.3) is 11.4 Å². The second-order valence-corrected chi connectivity index (χ2v) is 5.29. The van der Waals surface area contributed by atoms with E-state index in [1.165, 1.54) is 0 Å². The SMILES string of the molecule is CCc1nc(-c2ccc(OC)c(C)c2)nc(Cl)c1Br. The van der Waals surface area contributed by atoms with Gasteiger partial charge < -0.3 is 4.74 Å². The lowest BCUT2D eigenvalue weighted by Crippen LogP contribution is -1.98. The Balaban J connectivity index is 2.53. The number of hydrogen-bond acceptors (Lipinski definition) is 3. The molecule has 19 heavy (non-hydrogen) atoms. The van der Waals surface area contributed by atoms with Gasteiger partial charge in [0, 0.05) is 5.56 Å². The lowest BCUT2D eigenvalue weighted by Gasteiger charge is -2.09. The average molecular weight is 342 g/mol. The van der Waals surface area contributed by atoms with E-state index < -0.39 is 0 Å². The molecule has 2 aromatic rings. The molecule has 0 amide bonds. The summed E-state index contributed by atoms with van der Waals surface area (Å²) in [6, 6.07) is 5.85. The maximum atomic E-state index is 6.12. The minimum Gasteiger partial charge on any atom is -0.496 e. The van der Waals surface area contributed by atoms with Crippen LogP contribution in [0.4, 0.5) is 0 Å². The van der Waals surface area contributed by atoms with Gasteiger partial charge >= 0.3 is 0 Å². The normalized spacial score (nSPS) is 10.6. The molecule has 1 aromatic carbocycles. The molecule has 0 saturated carbocycles. The van der Waals surface area contributed by atoms with Gasteiger partial charge in [-0.25, -0.2) is 9.97 Å². The third kappa shape index (κ3) is 2.90. The fourth-order valence-electron chi connectivity index (χ4n) is 1.84. The van der Waals surface area contributed by atoms with E-state index in [9.17, 15) is 0 Å². The van der Waals surface area contributed by atoms with Gasteiger partial charge in [0.2, 0.25) is 0 Å². The Kier molecular flexibility index (Phi) is 4.42. The van der Waals surface area contributed by atoms with Gasteiger partial charge in [0.15, 0.2) is 5.82 Å². The van der Waals surface area contributed by atoms with Crippen molar-refractivity contribution in [3.05, 3.63) is 39.1 Å². The molecule has 5 heteroatoms. The van der Waals surface area contributed by atoms with E-state index in [1.807, 2.05) is 32.0 Å². The van der Waals surface area contributed by atoms with Crippen LogP contribution < -0.4 is 4.74 Å². The van der Waals surface area contributed by atoms with Gasteiger partial charge in [0.1, 0.15) is 10.9 Å². The summed E-state index contributed by atoms with van der Waals surface area (Å²) in [5.74, 6) is 1.48. The first-order valence-electron chi connectivity index (χ1n) is 5.93. The Labute approximate surface area is 126 Å². The van der Waals surface area contributed by atoms with Gasteiger partial charge in [-0.15, -0.1) is 0 Å². The van der Waals surface area contributed by atoms with Crippen molar-refractivity contribution in [3.63, 3.8) is 0 Å². The summed E-state index contributed by atoms with van der Waals surface area (Å²) >= 11 is 9.53. The maximum absolute atomic E-state index is 6.12. The summed E-state index contributed by atoms with van der Waals surface area (Å²) in [7, 11) is 1.66. The Morgan fingerprint density at radius 2 is 2.05 bits per heavy atom. The first kappa shape index (κ1) is 14.3. The maximum Gasteiger partial charge on any atom is 0.161 e. The molecule has 0 bridgehead atoms. The van der Waals surface area contributed by atoms with Crippen LogP contribution in [-0.4, -0.2) is 17.1 Å². The number of methoxy groups -OCH3 is 1. The summed E-state index contributed by atoms with van der Waals surface area (Å²) < 4.78 is 6.02. The molecule has 0 atom stereocenters. The summed E-state index contributed by atoms with van der Waals surface area (Å²) in [6.07, 6.45) is 0.797. The predicted octanol–water partition coefficient (Wildman–Crippen LogP) is 4.44. The molecule has 100 valence electrons. The summed E-state index contributed by atoms with van der Waals surface area (Å²) in [5.41, 5.74) is 2.88. The average Bonchev–Trinajstić information content (AvgIpc) is 2.41.